The minimum Gasteiger partial charge on any atom is -0.348 e. The van der Waals surface area contributed by atoms with Gasteiger partial charge in [-0.3, -0.25) is 4.79 Å². The lowest BCUT2D eigenvalue weighted by molar-refractivity contribution is 0.0811. The van der Waals surface area contributed by atoms with Crippen molar-refractivity contribution in [3.05, 3.63) is 63.9 Å². The Morgan fingerprint density at radius 1 is 1.22 bits per heavy atom. The highest BCUT2D eigenvalue weighted by Crippen LogP contribution is 2.59. The van der Waals surface area contributed by atoms with Crippen LogP contribution in [0.15, 0.2) is 42.6 Å². The maximum Gasteiger partial charge on any atom is 0.254 e. The quantitative estimate of drug-likeness (QED) is 0.844. The number of fused-ring (bicyclic) bond motifs is 1. The number of carbonyl (C=O) groups is 1. The van der Waals surface area contributed by atoms with Gasteiger partial charge in [-0.05, 0) is 55.0 Å². The minimum atomic E-state index is -0.141. The van der Waals surface area contributed by atoms with E-state index >= 15 is 0 Å². The SMILES string of the molecule is O=C(NC1C2CCC1(c1ccc(Cl)cc1)C2)c1cccnc1Cl. The third kappa shape index (κ3) is 2.34. The van der Waals surface area contributed by atoms with Gasteiger partial charge in [0.2, 0.25) is 0 Å². The molecule has 1 aromatic heterocycles. The van der Waals surface area contributed by atoms with E-state index in [-0.39, 0.29) is 22.5 Å². The molecular weight excluding hydrogens is 331 g/mol. The van der Waals surface area contributed by atoms with E-state index in [9.17, 15) is 4.79 Å². The molecule has 1 aromatic carbocycles. The van der Waals surface area contributed by atoms with E-state index in [2.05, 4.69) is 22.4 Å². The fraction of sp³-hybridized carbons (Fsp3) is 0.333. The number of halogens is 2. The molecule has 0 saturated heterocycles. The summed E-state index contributed by atoms with van der Waals surface area (Å²) in [5.74, 6) is 0.406. The molecular formula is C18H16Cl2N2O. The Kier molecular flexibility index (Phi) is 3.58. The van der Waals surface area contributed by atoms with Gasteiger partial charge in [0.25, 0.3) is 5.91 Å². The summed E-state index contributed by atoms with van der Waals surface area (Å²) in [6.07, 6.45) is 4.96. The van der Waals surface area contributed by atoms with Crippen LogP contribution in [-0.4, -0.2) is 16.9 Å². The summed E-state index contributed by atoms with van der Waals surface area (Å²) in [7, 11) is 0. The van der Waals surface area contributed by atoms with E-state index in [0.29, 0.717) is 11.5 Å². The van der Waals surface area contributed by atoms with Crippen LogP contribution in [0.25, 0.3) is 0 Å². The number of nitrogens with zero attached hydrogens (tertiary/aromatic N) is 1. The van der Waals surface area contributed by atoms with Gasteiger partial charge < -0.3 is 5.32 Å². The average molecular weight is 347 g/mol. The lowest BCUT2D eigenvalue weighted by atomic mass is 9.61. The summed E-state index contributed by atoms with van der Waals surface area (Å²) in [6, 6.07) is 11.6. The predicted molar refractivity (Wildman–Crippen MR) is 91.0 cm³/mol. The van der Waals surface area contributed by atoms with Crippen molar-refractivity contribution in [2.75, 3.05) is 0 Å². The maximum absolute atomic E-state index is 12.6. The van der Waals surface area contributed by atoms with Crippen molar-refractivity contribution in [3.63, 3.8) is 0 Å². The molecule has 118 valence electrons. The molecule has 1 N–H and O–H groups in total. The second-order valence-corrected chi connectivity index (χ2v) is 7.25. The van der Waals surface area contributed by atoms with Crippen molar-refractivity contribution < 1.29 is 4.79 Å². The average Bonchev–Trinajstić information content (AvgIpc) is 3.13. The van der Waals surface area contributed by atoms with E-state index < -0.39 is 0 Å². The van der Waals surface area contributed by atoms with Gasteiger partial charge in [-0.2, -0.15) is 0 Å². The smallest absolute Gasteiger partial charge is 0.254 e. The lowest BCUT2D eigenvalue weighted by Gasteiger charge is -2.48. The monoisotopic (exact) mass is 346 g/mol. The van der Waals surface area contributed by atoms with E-state index in [1.54, 1.807) is 18.3 Å². The number of aromatic nitrogens is 1. The van der Waals surface area contributed by atoms with Crippen molar-refractivity contribution in [2.24, 2.45) is 5.92 Å². The third-order valence-electron chi connectivity index (χ3n) is 5.36. The fourth-order valence-electron chi connectivity index (χ4n) is 4.23. The molecule has 5 rings (SSSR count). The molecule has 2 bridgehead atoms. The Morgan fingerprint density at radius 2 is 2.00 bits per heavy atom. The zero-order valence-electron chi connectivity index (χ0n) is 12.4. The summed E-state index contributed by atoms with van der Waals surface area (Å²) in [6.45, 7) is 0. The number of rotatable bonds is 3. The highest BCUT2D eigenvalue weighted by molar-refractivity contribution is 6.32. The molecule has 3 aliphatic rings. The number of hydrogen-bond acceptors (Lipinski definition) is 2. The molecule has 0 radical (unpaired) electrons. The van der Waals surface area contributed by atoms with Gasteiger partial charge in [-0.25, -0.2) is 4.98 Å². The van der Waals surface area contributed by atoms with Crippen molar-refractivity contribution >= 4 is 29.1 Å². The van der Waals surface area contributed by atoms with E-state index in [1.807, 2.05) is 12.1 Å². The fourth-order valence-corrected chi connectivity index (χ4v) is 4.56. The first-order chi connectivity index (χ1) is 11.1. The summed E-state index contributed by atoms with van der Waals surface area (Å²) in [5.41, 5.74) is 1.74. The van der Waals surface area contributed by atoms with Crippen LogP contribution < -0.4 is 5.32 Å². The predicted octanol–water partition coefficient (Wildman–Crippen LogP) is 4.24. The van der Waals surface area contributed by atoms with Gasteiger partial charge in [0.05, 0.1) is 5.56 Å². The Balaban J connectivity index is 1.59. The van der Waals surface area contributed by atoms with E-state index in [1.165, 1.54) is 5.56 Å². The Labute approximate surface area is 145 Å². The largest absolute Gasteiger partial charge is 0.348 e. The summed E-state index contributed by atoms with van der Waals surface area (Å²) < 4.78 is 0. The second kappa shape index (κ2) is 5.50. The molecule has 3 nitrogen and oxygen atoms in total. The number of carbonyl (C=O) groups excluding carboxylic acids is 1. The van der Waals surface area contributed by atoms with Crippen LogP contribution in [-0.2, 0) is 5.41 Å². The Morgan fingerprint density at radius 3 is 2.70 bits per heavy atom. The van der Waals surface area contributed by atoms with Crippen molar-refractivity contribution in [1.29, 1.82) is 0 Å². The van der Waals surface area contributed by atoms with Crippen LogP contribution in [0.4, 0.5) is 0 Å². The van der Waals surface area contributed by atoms with Crippen LogP contribution >= 0.6 is 23.2 Å². The summed E-state index contributed by atoms with van der Waals surface area (Å²) in [4.78, 5) is 16.5. The van der Waals surface area contributed by atoms with Crippen LogP contribution in [0.2, 0.25) is 10.2 Å². The van der Waals surface area contributed by atoms with Crippen molar-refractivity contribution in [3.8, 4) is 0 Å². The first-order valence-corrected chi connectivity index (χ1v) is 8.53. The van der Waals surface area contributed by atoms with Gasteiger partial charge >= 0.3 is 0 Å². The summed E-state index contributed by atoms with van der Waals surface area (Å²) in [5, 5.41) is 4.18. The molecule has 3 fully saturated rings. The zero-order chi connectivity index (χ0) is 16.0. The zero-order valence-corrected chi connectivity index (χ0v) is 13.9. The third-order valence-corrected chi connectivity index (χ3v) is 5.92. The van der Waals surface area contributed by atoms with Crippen LogP contribution in [0.5, 0.6) is 0 Å². The Hall–Kier alpha value is -1.58. The number of pyridine rings is 1. The van der Waals surface area contributed by atoms with Gasteiger partial charge in [0.15, 0.2) is 0 Å². The molecule has 3 aliphatic carbocycles. The van der Waals surface area contributed by atoms with Gasteiger partial charge in [-0.1, -0.05) is 35.3 Å². The highest BCUT2D eigenvalue weighted by Gasteiger charge is 2.60. The van der Waals surface area contributed by atoms with Gasteiger partial charge in [-0.15, -0.1) is 0 Å². The van der Waals surface area contributed by atoms with Gasteiger partial charge in [0, 0.05) is 22.7 Å². The number of nitrogens with one attached hydrogen (secondary N) is 1. The van der Waals surface area contributed by atoms with Crippen molar-refractivity contribution in [2.45, 2.75) is 30.7 Å². The second-order valence-electron chi connectivity index (χ2n) is 6.46. The molecule has 0 aliphatic heterocycles. The van der Waals surface area contributed by atoms with Crippen molar-refractivity contribution in [1.82, 2.24) is 10.3 Å². The first-order valence-electron chi connectivity index (χ1n) is 7.77. The normalized spacial score (nSPS) is 28.3. The van der Waals surface area contributed by atoms with Crippen LogP contribution in [0, 0.1) is 5.92 Å². The summed E-state index contributed by atoms with van der Waals surface area (Å²) >= 11 is 12.0. The van der Waals surface area contributed by atoms with Crippen LogP contribution in [0.3, 0.4) is 0 Å². The molecule has 1 amide bonds. The van der Waals surface area contributed by atoms with Gasteiger partial charge in [0.1, 0.15) is 5.15 Å². The number of hydrogen-bond donors (Lipinski definition) is 1. The first kappa shape index (κ1) is 15.0. The molecule has 3 unspecified atom stereocenters. The molecule has 1 heterocycles. The molecule has 3 atom stereocenters. The Bertz CT molecular complexity index is 758. The maximum atomic E-state index is 12.6. The molecule has 2 aromatic rings. The minimum absolute atomic E-state index is 0.0413. The number of amides is 1. The molecule has 5 heteroatoms. The number of benzene rings is 1. The molecule has 23 heavy (non-hydrogen) atoms. The van der Waals surface area contributed by atoms with Crippen LogP contribution in [0.1, 0.15) is 35.2 Å². The highest BCUT2D eigenvalue weighted by atomic mass is 35.5. The van der Waals surface area contributed by atoms with E-state index in [4.69, 9.17) is 23.2 Å². The lowest BCUT2D eigenvalue weighted by Crippen LogP contribution is -2.58. The standard InChI is InChI=1S/C18H16Cl2N2O/c19-13-5-3-12(4-6-13)18-8-7-11(10-18)15(18)22-17(23)14-2-1-9-21-16(14)20/h1-6,9,11,15H,7-8,10H2,(H,22,23). The molecule has 3 saturated carbocycles. The topological polar surface area (TPSA) is 42.0 Å². The molecule has 0 spiro atoms. The van der Waals surface area contributed by atoms with E-state index in [0.717, 1.165) is 24.3 Å².